The zero-order valence-electron chi connectivity index (χ0n) is 26.9. The van der Waals surface area contributed by atoms with Crippen LogP contribution in [-0.4, -0.2) is 41.6 Å². The Bertz CT molecular complexity index is 2080. The lowest BCUT2D eigenvalue weighted by atomic mass is 10.1. The van der Waals surface area contributed by atoms with Gasteiger partial charge >= 0.3 is 0 Å². The summed E-state index contributed by atoms with van der Waals surface area (Å²) >= 11 is 0. The summed E-state index contributed by atoms with van der Waals surface area (Å²) in [5.41, 5.74) is 1.06. The van der Waals surface area contributed by atoms with Crippen molar-refractivity contribution in [3.8, 4) is 23.3 Å². The van der Waals surface area contributed by atoms with Crippen LogP contribution >= 0.6 is 0 Å². The highest BCUT2D eigenvalue weighted by molar-refractivity contribution is 6.06. The molecule has 0 atom stereocenters. The molecule has 0 saturated carbocycles. The van der Waals surface area contributed by atoms with Crippen molar-refractivity contribution in [2.24, 2.45) is 0 Å². The number of methoxy groups -OCH3 is 2. The molecule has 5 aromatic rings. The number of aliphatic hydroxyl groups is 1. The highest BCUT2D eigenvalue weighted by Gasteiger charge is 2.25. The maximum absolute atomic E-state index is 14.5. The van der Waals surface area contributed by atoms with Gasteiger partial charge in [-0.25, -0.2) is 13.8 Å². The lowest BCUT2D eigenvalue weighted by Gasteiger charge is -2.19. The number of hydrogen-bond donors (Lipinski definition) is 3. The number of fused-ring (bicyclic) bond motifs is 1. The molecule has 2 aromatic heterocycles. The van der Waals surface area contributed by atoms with Crippen LogP contribution in [0.15, 0.2) is 83.8 Å². The Hall–Kier alpha value is -5.93. The van der Waals surface area contributed by atoms with E-state index in [1.807, 2.05) is 30.3 Å². The zero-order chi connectivity index (χ0) is 34.8. The average molecular weight is 669 g/mol. The summed E-state index contributed by atoms with van der Waals surface area (Å²) in [5.74, 6) is 4.64. The number of aliphatic hydroxyl groups excluding tert-OH is 1. The summed E-state index contributed by atoms with van der Waals surface area (Å²) in [4.78, 5) is 38.7. The predicted molar refractivity (Wildman–Crippen MR) is 180 cm³/mol. The molecule has 0 aliphatic heterocycles. The number of amides is 1. The number of unbranched alkanes of at least 4 members (excludes halogenated alkanes) is 1. The molecule has 2 heterocycles. The van der Waals surface area contributed by atoms with Crippen molar-refractivity contribution in [3.05, 3.63) is 129 Å². The normalized spacial score (nSPS) is 10.6. The maximum Gasteiger partial charge on any atom is 0.300 e. The predicted octanol–water partition coefficient (Wildman–Crippen LogP) is 4.99. The van der Waals surface area contributed by atoms with Gasteiger partial charge in [-0.2, -0.15) is 0 Å². The first-order chi connectivity index (χ1) is 23.8. The Morgan fingerprint density at radius 3 is 2.51 bits per heavy atom. The molecule has 0 saturated heterocycles. The highest BCUT2D eigenvalue weighted by Crippen LogP contribution is 2.29. The largest absolute Gasteiger partial charge is 0.497 e. The molecule has 0 spiro atoms. The molecule has 252 valence electrons. The van der Waals surface area contributed by atoms with Crippen LogP contribution in [0.3, 0.4) is 0 Å². The quantitative estimate of drug-likeness (QED) is 0.119. The number of nitrogens with one attached hydrogen (secondary N) is 2. The van der Waals surface area contributed by atoms with Gasteiger partial charge in [-0.15, -0.1) is 4.73 Å². The molecule has 1 amide bonds. The minimum Gasteiger partial charge on any atom is -0.497 e. The van der Waals surface area contributed by atoms with E-state index in [9.17, 15) is 18.4 Å². The van der Waals surface area contributed by atoms with Crippen LogP contribution in [0.4, 0.5) is 14.5 Å². The van der Waals surface area contributed by atoms with Crippen molar-refractivity contribution in [1.82, 2.24) is 15.0 Å². The number of aromatic nitrogens is 2. The highest BCUT2D eigenvalue weighted by atomic mass is 19.1. The number of anilines is 1. The Morgan fingerprint density at radius 2 is 1.78 bits per heavy atom. The summed E-state index contributed by atoms with van der Waals surface area (Å²) in [6.45, 7) is -0.236. The number of carbonyl (C=O) groups excluding carboxylic acids is 1. The Balaban J connectivity index is 1.65. The molecule has 0 unspecified atom stereocenters. The fraction of sp³-hybridized carbons (Fsp3) is 0.216. The molecule has 3 N–H and O–H groups in total. The van der Waals surface area contributed by atoms with Crippen molar-refractivity contribution in [1.29, 1.82) is 0 Å². The van der Waals surface area contributed by atoms with Gasteiger partial charge in [-0.1, -0.05) is 48.2 Å². The molecule has 0 aliphatic rings. The second kappa shape index (κ2) is 16.3. The summed E-state index contributed by atoms with van der Waals surface area (Å²) < 4.78 is 39.8. The third-order valence-corrected chi connectivity index (χ3v) is 7.50. The lowest BCUT2D eigenvalue weighted by Crippen LogP contribution is -2.37. The standard InChI is InChI=1S/C37H34F2N4O6/c1-47-29-15-13-27(32(19-29)48-2)22-40-34-30-17-25(11-7-4-8-16-44)20-41-35(30)43(49-23-24-9-5-3-6-10-24)37(46)33(34)36(45)42-21-26-12-14-28(38)18-31(26)39/h3,5-6,9-10,12-15,17-20,40,44H,4,8,16,21-23H2,1-2H3,(H,42,45). The number of pyridine rings is 2. The van der Waals surface area contributed by atoms with Gasteiger partial charge in [0.15, 0.2) is 5.65 Å². The minimum absolute atomic E-state index is 0.00113. The van der Waals surface area contributed by atoms with E-state index in [0.29, 0.717) is 46.9 Å². The smallest absolute Gasteiger partial charge is 0.300 e. The molecular weight excluding hydrogens is 634 g/mol. The van der Waals surface area contributed by atoms with E-state index in [0.717, 1.165) is 16.4 Å². The van der Waals surface area contributed by atoms with Crippen LogP contribution in [0.25, 0.3) is 11.0 Å². The number of ether oxygens (including phenoxy) is 2. The molecule has 3 aromatic carbocycles. The van der Waals surface area contributed by atoms with Crippen LogP contribution in [0.2, 0.25) is 0 Å². The van der Waals surface area contributed by atoms with Gasteiger partial charge in [-0.3, -0.25) is 9.59 Å². The third-order valence-electron chi connectivity index (χ3n) is 7.50. The van der Waals surface area contributed by atoms with E-state index in [-0.39, 0.29) is 48.8 Å². The SMILES string of the molecule is COc1ccc(CNc2c(C(=O)NCc3ccc(F)cc3F)c(=O)n(OCc3ccccc3)c3ncc(C#CCCCO)cc23)c(OC)c1. The van der Waals surface area contributed by atoms with Crippen LogP contribution in [0, 0.1) is 23.5 Å². The van der Waals surface area contributed by atoms with Crippen molar-refractivity contribution in [3.63, 3.8) is 0 Å². The molecule has 0 aliphatic carbocycles. The molecule has 0 bridgehead atoms. The molecule has 5 rings (SSSR count). The van der Waals surface area contributed by atoms with Gasteiger partial charge < -0.3 is 30.1 Å². The average Bonchev–Trinajstić information content (AvgIpc) is 3.12. The lowest BCUT2D eigenvalue weighted by molar-refractivity contribution is 0.0898. The fourth-order valence-corrected chi connectivity index (χ4v) is 4.98. The van der Waals surface area contributed by atoms with Gasteiger partial charge in [0.05, 0.1) is 19.9 Å². The number of nitrogens with zero attached hydrogens (tertiary/aromatic N) is 2. The van der Waals surface area contributed by atoms with E-state index >= 15 is 0 Å². The van der Waals surface area contributed by atoms with Gasteiger partial charge in [-0.05, 0) is 36.2 Å². The molecule has 0 radical (unpaired) electrons. The summed E-state index contributed by atoms with van der Waals surface area (Å²) in [7, 11) is 3.05. The van der Waals surface area contributed by atoms with Crippen LogP contribution in [-0.2, 0) is 19.7 Å². The zero-order valence-corrected chi connectivity index (χ0v) is 26.9. The number of benzene rings is 3. The Morgan fingerprint density at radius 1 is 0.980 bits per heavy atom. The molecule has 12 heteroatoms. The maximum atomic E-state index is 14.5. The van der Waals surface area contributed by atoms with E-state index in [2.05, 4.69) is 27.5 Å². The first-order valence-electron chi connectivity index (χ1n) is 15.4. The minimum atomic E-state index is -0.846. The van der Waals surface area contributed by atoms with Gasteiger partial charge in [0.1, 0.15) is 35.3 Å². The Kier molecular flexibility index (Phi) is 11.4. The monoisotopic (exact) mass is 668 g/mol. The summed E-state index contributed by atoms with van der Waals surface area (Å²) in [6.07, 6.45) is 2.43. The van der Waals surface area contributed by atoms with Gasteiger partial charge in [0.2, 0.25) is 0 Å². The van der Waals surface area contributed by atoms with Crippen molar-refractivity contribution >= 4 is 22.6 Å². The topological polar surface area (TPSA) is 124 Å². The summed E-state index contributed by atoms with van der Waals surface area (Å²) in [6, 6.07) is 19.1. The third kappa shape index (κ3) is 8.33. The van der Waals surface area contributed by atoms with E-state index < -0.39 is 23.1 Å². The number of carbonyl (C=O) groups is 1. The summed E-state index contributed by atoms with van der Waals surface area (Å²) in [5, 5.41) is 15.3. The number of hydrogen-bond acceptors (Lipinski definition) is 8. The van der Waals surface area contributed by atoms with Crippen molar-refractivity contribution in [2.75, 3.05) is 26.1 Å². The molecule has 0 fully saturated rings. The first kappa shape index (κ1) is 34.4. The van der Waals surface area contributed by atoms with Gasteiger partial charge in [0, 0.05) is 66.5 Å². The second-order valence-electron chi connectivity index (χ2n) is 10.8. The van der Waals surface area contributed by atoms with Crippen LogP contribution in [0.1, 0.15) is 45.5 Å². The van der Waals surface area contributed by atoms with Gasteiger partial charge in [0.25, 0.3) is 11.5 Å². The van der Waals surface area contributed by atoms with E-state index in [1.165, 1.54) is 26.5 Å². The number of halogens is 2. The number of rotatable bonds is 13. The Labute approximate surface area is 281 Å². The van der Waals surface area contributed by atoms with E-state index in [1.54, 1.807) is 24.3 Å². The van der Waals surface area contributed by atoms with Crippen LogP contribution < -0.4 is 30.5 Å². The van der Waals surface area contributed by atoms with Crippen LogP contribution in [0.5, 0.6) is 11.5 Å². The molecule has 10 nitrogen and oxygen atoms in total. The molecular formula is C37H34F2N4O6. The second-order valence-corrected chi connectivity index (χ2v) is 10.8. The van der Waals surface area contributed by atoms with Crippen molar-refractivity contribution in [2.45, 2.75) is 32.5 Å². The van der Waals surface area contributed by atoms with Crippen molar-refractivity contribution < 1.29 is 33.0 Å². The molecule has 49 heavy (non-hydrogen) atoms. The van der Waals surface area contributed by atoms with E-state index in [4.69, 9.17) is 19.4 Å². The fourth-order valence-electron chi connectivity index (χ4n) is 4.98. The first-order valence-corrected chi connectivity index (χ1v) is 15.4.